The summed E-state index contributed by atoms with van der Waals surface area (Å²) in [5.74, 6) is -1.38. The Morgan fingerprint density at radius 2 is 2.25 bits per heavy atom. The van der Waals surface area contributed by atoms with Crippen LogP contribution < -0.4 is 5.32 Å². The average molecular weight is 284 g/mol. The minimum atomic E-state index is -0.713. The van der Waals surface area contributed by atoms with Crippen molar-refractivity contribution in [1.29, 1.82) is 0 Å². The maximum atomic E-state index is 13.6. The third-order valence-corrected chi connectivity index (χ3v) is 2.78. The van der Waals surface area contributed by atoms with Gasteiger partial charge in [0, 0.05) is 24.7 Å². The van der Waals surface area contributed by atoms with Crippen LogP contribution in [0.1, 0.15) is 18.5 Å². The molecule has 1 atom stereocenters. The molecule has 1 rings (SSSR count). The van der Waals surface area contributed by atoms with E-state index < -0.39 is 23.7 Å². The highest BCUT2D eigenvalue weighted by atomic mass is 19.1. The number of carbonyl (C=O) groups excluding carboxylic acids is 1. The Hall–Kier alpha value is -1.95. The molecule has 110 valence electrons. The molecule has 0 bridgehead atoms. The second-order valence-electron chi connectivity index (χ2n) is 4.30. The quantitative estimate of drug-likeness (QED) is 0.787. The third-order valence-electron chi connectivity index (χ3n) is 2.78. The Balaban J connectivity index is 2.75. The van der Waals surface area contributed by atoms with Crippen molar-refractivity contribution in [3.8, 4) is 0 Å². The summed E-state index contributed by atoms with van der Waals surface area (Å²) in [5, 5.41) is 11.5. The lowest BCUT2D eigenvalue weighted by Gasteiger charge is -2.23. The van der Waals surface area contributed by atoms with Crippen LogP contribution in [0.4, 0.5) is 13.6 Å². The largest absolute Gasteiger partial charge is 0.395 e. The number of benzene rings is 1. The molecule has 0 aliphatic carbocycles. The zero-order chi connectivity index (χ0) is 15.1. The smallest absolute Gasteiger partial charge is 0.318 e. The van der Waals surface area contributed by atoms with E-state index in [1.165, 1.54) is 17.0 Å². The predicted molar refractivity (Wildman–Crippen MR) is 72.2 cm³/mol. The maximum absolute atomic E-state index is 13.6. The van der Waals surface area contributed by atoms with E-state index in [1.54, 1.807) is 6.92 Å². The van der Waals surface area contributed by atoms with Crippen LogP contribution in [0.3, 0.4) is 0 Å². The summed E-state index contributed by atoms with van der Waals surface area (Å²) in [6, 6.07) is 2.13. The van der Waals surface area contributed by atoms with E-state index in [1.807, 2.05) is 0 Å². The Labute approximate surface area is 116 Å². The van der Waals surface area contributed by atoms with Gasteiger partial charge in [0.2, 0.25) is 0 Å². The normalized spacial score (nSPS) is 11.8. The molecule has 2 amide bonds. The molecular formula is C14H18F2N2O2. The van der Waals surface area contributed by atoms with Gasteiger partial charge in [-0.3, -0.25) is 0 Å². The van der Waals surface area contributed by atoms with Gasteiger partial charge < -0.3 is 15.3 Å². The van der Waals surface area contributed by atoms with Gasteiger partial charge in [-0.1, -0.05) is 12.1 Å². The van der Waals surface area contributed by atoms with Crippen LogP contribution in [0.5, 0.6) is 0 Å². The van der Waals surface area contributed by atoms with Crippen LogP contribution in [0.15, 0.2) is 30.9 Å². The SMILES string of the molecule is C=CCN(CCO)C(=O)NC(C)c1ccc(F)cc1F. The Bertz CT molecular complexity index is 480. The van der Waals surface area contributed by atoms with Crippen LogP contribution >= 0.6 is 0 Å². The fraction of sp³-hybridized carbons (Fsp3) is 0.357. The standard InChI is InChI=1S/C14H18F2N2O2/c1-3-6-18(7-8-19)14(20)17-10(2)12-5-4-11(15)9-13(12)16/h3-5,9-10,19H,1,6-8H2,2H3,(H,17,20). The molecule has 20 heavy (non-hydrogen) atoms. The molecule has 1 aromatic carbocycles. The molecule has 0 saturated carbocycles. The van der Waals surface area contributed by atoms with Crippen LogP contribution in [0.25, 0.3) is 0 Å². The summed E-state index contributed by atoms with van der Waals surface area (Å²) >= 11 is 0. The van der Waals surface area contributed by atoms with E-state index >= 15 is 0 Å². The summed E-state index contributed by atoms with van der Waals surface area (Å²) in [7, 11) is 0. The van der Waals surface area contributed by atoms with E-state index in [0.717, 1.165) is 12.1 Å². The van der Waals surface area contributed by atoms with Crippen molar-refractivity contribution < 1.29 is 18.7 Å². The molecule has 0 aromatic heterocycles. The topological polar surface area (TPSA) is 52.6 Å². The van der Waals surface area contributed by atoms with Crippen molar-refractivity contribution >= 4 is 6.03 Å². The Kier molecular flexibility index (Phi) is 6.11. The Morgan fingerprint density at radius 1 is 1.55 bits per heavy atom. The lowest BCUT2D eigenvalue weighted by molar-refractivity contribution is 0.181. The van der Waals surface area contributed by atoms with Gasteiger partial charge in [0.15, 0.2) is 0 Å². The number of aliphatic hydroxyl groups is 1. The summed E-state index contributed by atoms with van der Waals surface area (Å²) in [5.41, 5.74) is 0.197. The van der Waals surface area contributed by atoms with E-state index in [-0.39, 0.29) is 25.3 Å². The molecule has 0 radical (unpaired) electrons. The zero-order valence-corrected chi connectivity index (χ0v) is 11.3. The summed E-state index contributed by atoms with van der Waals surface area (Å²) < 4.78 is 26.4. The number of amides is 2. The van der Waals surface area contributed by atoms with Crippen molar-refractivity contribution in [2.75, 3.05) is 19.7 Å². The number of nitrogens with one attached hydrogen (secondary N) is 1. The number of carbonyl (C=O) groups is 1. The molecule has 6 heteroatoms. The number of halogens is 2. The monoisotopic (exact) mass is 284 g/mol. The first kappa shape index (κ1) is 16.1. The molecule has 0 aliphatic rings. The molecular weight excluding hydrogens is 266 g/mol. The molecule has 4 nitrogen and oxygen atoms in total. The molecule has 0 heterocycles. The van der Waals surface area contributed by atoms with Crippen LogP contribution in [-0.4, -0.2) is 35.7 Å². The number of aliphatic hydroxyl groups excluding tert-OH is 1. The molecule has 1 unspecified atom stereocenters. The second kappa shape index (κ2) is 7.59. The first-order chi connectivity index (χ1) is 9.49. The van der Waals surface area contributed by atoms with Crippen molar-refractivity contribution in [2.24, 2.45) is 0 Å². The van der Waals surface area contributed by atoms with E-state index in [9.17, 15) is 13.6 Å². The van der Waals surface area contributed by atoms with Gasteiger partial charge in [-0.2, -0.15) is 0 Å². The molecule has 1 aromatic rings. The minimum absolute atomic E-state index is 0.149. The minimum Gasteiger partial charge on any atom is -0.395 e. The van der Waals surface area contributed by atoms with Crippen molar-refractivity contribution in [3.05, 3.63) is 48.1 Å². The number of hydrogen-bond donors (Lipinski definition) is 2. The highest BCUT2D eigenvalue weighted by Crippen LogP contribution is 2.17. The van der Waals surface area contributed by atoms with E-state index in [0.29, 0.717) is 0 Å². The zero-order valence-electron chi connectivity index (χ0n) is 11.3. The van der Waals surface area contributed by atoms with Gasteiger partial charge in [0.05, 0.1) is 12.6 Å². The van der Waals surface area contributed by atoms with Gasteiger partial charge >= 0.3 is 6.03 Å². The van der Waals surface area contributed by atoms with Gasteiger partial charge in [-0.05, 0) is 13.0 Å². The number of rotatable bonds is 6. The number of hydrogen-bond acceptors (Lipinski definition) is 2. The molecule has 0 saturated heterocycles. The van der Waals surface area contributed by atoms with Crippen LogP contribution in [-0.2, 0) is 0 Å². The van der Waals surface area contributed by atoms with Gasteiger partial charge in [-0.25, -0.2) is 13.6 Å². The third kappa shape index (κ3) is 4.31. The second-order valence-corrected chi connectivity index (χ2v) is 4.30. The lowest BCUT2D eigenvalue weighted by Crippen LogP contribution is -2.42. The first-order valence-corrected chi connectivity index (χ1v) is 6.21. The fourth-order valence-electron chi connectivity index (χ4n) is 1.76. The number of urea groups is 1. The van der Waals surface area contributed by atoms with E-state index in [2.05, 4.69) is 11.9 Å². The fourth-order valence-corrected chi connectivity index (χ4v) is 1.76. The summed E-state index contributed by atoms with van der Waals surface area (Å²) in [6.45, 7) is 5.36. The van der Waals surface area contributed by atoms with Crippen molar-refractivity contribution in [2.45, 2.75) is 13.0 Å². The van der Waals surface area contributed by atoms with Crippen LogP contribution in [0.2, 0.25) is 0 Å². The van der Waals surface area contributed by atoms with Gasteiger partial charge in [0.25, 0.3) is 0 Å². The predicted octanol–water partition coefficient (Wildman–Crippen LogP) is 2.22. The number of nitrogens with zero attached hydrogens (tertiary/aromatic N) is 1. The molecule has 2 N–H and O–H groups in total. The van der Waals surface area contributed by atoms with Gasteiger partial charge in [0.1, 0.15) is 11.6 Å². The average Bonchev–Trinajstić information content (AvgIpc) is 2.38. The van der Waals surface area contributed by atoms with E-state index in [4.69, 9.17) is 5.11 Å². The maximum Gasteiger partial charge on any atom is 0.318 e. The van der Waals surface area contributed by atoms with Crippen molar-refractivity contribution in [3.63, 3.8) is 0 Å². The van der Waals surface area contributed by atoms with Crippen LogP contribution in [0, 0.1) is 11.6 Å². The summed E-state index contributed by atoms with van der Waals surface area (Å²) in [6.07, 6.45) is 1.53. The highest BCUT2D eigenvalue weighted by molar-refractivity contribution is 5.74. The lowest BCUT2D eigenvalue weighted by atomic mass is 10.1. The first-order valence-electron chi connectivity index (χ1n) is 6.21. The molecule has 0 fully saturated rings. The van der Waals surface area contributed by atoms with Crippen molar-refractivity contribution in [1.82, 2.24) is 10.2 Å². The molecule has 0 spiro atoms. The molecule has 0 aliphatic heterocycles. The van der Waals surface area contributed by atoms with Gasteiger partial charge in [-0.15, -0.1) is 6.58 Å². The highest BCUT2D eigenvalue weighted by Gasteiger charge is 2.17. The Morgan fingerprint density at radius 3 is 2.80 bits per heavy atom. The summed E-state index contributed by atoms with van der Waals surface area (Å²) in [4.78, 5) is 13.3.